The second-order valence-electron chi connectivity index (χ2n) is 2.88. The molecule has 0 fully saturated rings. The summed E-state index contributed by atoms with van der Waals surface area (Å²) in [6.45, 7) is 5.67. The Morgan fingerprint density at radius 3 is 2.77 bits per heavy atom. The van der Waals surface area contributed by atoms with Gasteiger partial charge in [0.25, 0.3) is 0 Å². The van der Waals surface area contributed by atoms with Gasteiger partial charge in [0.2, 0.25) is 0 Å². The summed E-state index contributed by atoms with van der Waals surface area (Å²) in [5.74, 6) is 0. The van der Waals surface area contributed by atoms with E-state index < -0.39 is 0 Å². The largest absolute Gasteiger partial charge is 0.192 e. The molecule has 1 rings (SSSR count). The molecule has 1 heteroatoms. The van der Waals surface area contributed by atoms with Crippen LogP contribution in [0.25, 0.3) is 0 Å². The Hall–Kier alpha value is -1.55. The third kappa shape index (κ3) is 1.97. The van der Waals surface area contributed by atoms with Gasteiger partial charge in [-0.1, -0.05) is 38.1 Å². The van der Waals surface area contributed by atoms with Gasteiger partial charge in [-0.05, 0) is 23.6 Å². The predicted molar refractivity (Wildman–Crippen MR) is 53.1 cm³/mol. The Morgan fingerprint density at radius 2 is 2.23 bits per heavy atom. The van der Waals surface area contributed by atoms with Gasteiger partial charge in [0.1, 0.15) is 6.07 Å². The van der Waals surface area contributed by atoms with Gasteiger partial charge in [-0.15, -0.1) is 0 Å². The van der Waals surface area contributed by atoms with Crippen molar-refractivity contribution < 1.29 is 0 Å². The SMILES string of the molecule is C=[C]c1cccc(CCC)c1C#N. The average molecular weight is 170 g/mol. The summed E-state index contributed by atoms with van der Waals surface area (Å²) in [6.07, 6.45) is 4.77. The van der Waals surface area contributed by atoms with Crippen LogP contribution >= 0.6 is 0 Å². The van der Waals surface area contributed by atoms with Crippen LogP contribution in [0.3, 0.4) is 0 Å². The highest BCUT2D eigenvalue weighted by Crippen LogP contribution is 2.15. The van der Waals surface area contributed by atoms with Crippen LogP contribution in [-0.4, -0.2) is 0 Å². The number of hydrogen-bond donors (Lipinski definition) is 0. The van der Waals surface area contributed by atoms with Crippen molar-refractivity contribution in [1.82, 2.24) is 0 Å². The lowest BCUT2D eigenvalue weighted by Crippen LogP contribution is -1.92. The van der Waals surface area contributed by atoms with E-state index in [0.717, 1.165) is 29.5 Å². The molecule has 1 aromatic rings. The molecule has 0 saturated heterocycles. The van der Waals surface area contributed by atoms with Crippen molar-refractivity contribution in [3.8, 4) is 6.07 Å². The first-order chi connectivity index (χ1) is 6.33. The van der Waals surface area contributed by atoms with Gasteiger partial charge in [-0.3, -0.25) is 0 Å². The second-order valence-corrected chi connectivity index (χ2v) is 2.88. The molecule has 0 amide bonds. The normalized spacial score (nSPS) is 9.23. The molecule has 0 unspecified atom stereocenters. The number of benzene rings is 1. The highest BCUT2D eigenvalue weighted by Gasteiger charge is 2.03. The Labute approximate surface area is 79.3 Å². The molecule has 13 heavy (non-hydrogen) atoms. The average Bonchev–Trinajstić information content (AvgIpc) is 2.18. The van der Waals surface area contributed by atoms with E-state index in [1.165, 1.54) is 0 Å². The zero-order chi connectivity index (χ0) is 9.68. The van der Waals surface area contributed by atoms with Gasteiger partial charge in [-0.25, -0.2) is 0 Å². The zero-order valence-electron chi connectivity index (χ0n) is 7.80. The summed E-state index contributed by atoms with van der Waals surface area (Å²) in [5.41, 5.74) is 2.63. The van der Waals surface area contributed by atoms with E-state index in [2.05, 4.69) is 25.6 Å². The van der Waals surface area contributed by atoms with E-state index in [9.17, 15) is 0 Å². The van der Waals surface area contributed by atoms with Crippen LogP contribution in [-0.2, 0) is 6.42 Å². The minimum atomic E-state index is 0.722. The fourth-order valence-corrected chi connectivity index (χ4v) is 1.36. The first kappa shape index (κ1) is 9.54. The van der Waals surface area contributed by atoms with Gasteiger partial charge in [-0.2, -0.15) is 5.26 Å². The molecule has 1 aromatic carbocycles. The van der Waals surface area contributed by atoms with Crippen molar-refractivity contribution >= 4 is 0 Å². The van der Waals surface area contributed by atoms with E-state index in [0.29, 0.717) is 0 Å². The monoisotopic (exact) mass is 170 g/mol. The zero-order valence-corrected chi connectivity index (χ0v) is 7.80. The Balaban J connectivity index is 3.20. The molecule has 0 saturated carbocycles. The maximum Gasteiger partial charge on any atom is 0.100 e. The molecule has 1 radical (unpaired) electrons. The quantitative estimate of drug-likeness (QED) is 0.684. The van der Waals surface area contributed by atoms with E-state index in [1.54, 1.807) is 0 Å². The summed E-state index contributed by atoms with van der Waals surface area (Å²) < 4.78 is 0. The number of nitrogens with zero attached hydrogens (tertiary/aromatic N) is 1. The summed E-state index contributed by atoms with van der Waals surface area (Å²) in [5, 5.41) is 8.94. The highest BCUT2D eigenvalue weighted by molar-refractivity contribution is 5.46. The van der Waals surface area contributed by atoms with Crippen LogP contribution in [0, 0.1) is 17.4 Å². The minimum absolute atomic E-state index is 0.722. The molecule has 1 nitrogen and oxygen atoms in total. The standard InChI is InChI=1S/C12H12N/c1-3-6-11-8-5-7-10(4-2)12(11)9-13/h5,7-8H,2-3,6H2,1H3. The van der Waals surface area contributed by atoms with E-state index >= 15 is 0 Å². The summed E-state index contributed by atoms with van der Waals surface area (Å²) >= 11 is 0. The molecular formula is C12H12N. The fraction of sp³-hybridized carbons (Fsp3) is 0.250. The Morgan fingerprint density at radius 1 is 1.46 bits per heavy atom. The molecule has 0 bridgehead atoms. The van der Waals surface area contributed by atoms with Crippen LogP contribution in [0.15, 0.2) is 24.8 Å². The lowest BCUT2D eigenvalue weighted by atomic mass is 9.99. The number of nitriles is 1. The fourth-order valence-electron chi connectivity index (χ4n) is 1.36. The topological polar surface area (TPSA) is 23.8 Å². The third-order valence-electron chi connectivity index (χ3n) is 1.97. The molecule has 0 aliphatic rings. The Kier molecular flexibility index (Phi) is 3.28. The lowest BCUT2D eigenvalue weighted by Gasteiger charge is -2.03. The summed E-state index contributed by atoms with van der Waals surface area (Å²) in [7, 11) is 0. The van der Waals surface area contributed by atoms with Gasteiger partial charge in [0.15, 0.2) is 0 Å². The molecule has 0 N–H and O–H groups in total. The smallest absolute Gasteiger partial charge is 0.100 e. The molecule has 0 spiro atoms. The number of aryl methyl sites for hydroxylation is 1. The summed E-state index contributed by atoms with van der Waals surface area (Å²) in [6, 6.07) is 8.00. The Bertz CT molecular complexity index is 345. The number of hydrogen-bond acceptors (Lipinski definition) is 1. The van der Waals surface area contributed by atoms with Crippen LogP contribution in [0.2, 0.25) is 0 Å². The van der Waals surface area contributed by atoms with E-state index in [4.69, 9.17) is 5.26 Å². The van der Waals surface area contributed by atoms with Crippen LogP contribution in [0.1, 0.15) is 30.0 Å². The van der Waals surface area contributed by atoms with Crippen LogP contribution in [0.4, 0.5) is 0 Å². The number of rotatable bonds is 3. The molecule has 0 aromatic heterocycles. The molecule has 0 aliphatic heterocycles. The predicted octanol–water partition coefficient (Wildman–Crippen LogP) is 2.85. The van der Waals surface area contributed by atoms with Crippen LogP contribution < -0.4 is 0 Å². The highest BCUT2D eigenvalue weighted by atomic mass is 14.2. The van der Waals surface area contributed by atoms with Gasteiger partial charge >= 0.3 is 0 Å². The maximum absolute atomic E-state index is 8.94. The molecular weight excluding hydrogens is 158 g/mol. The van der Waals surface area contributed by atoms with E-state index in [1.807, 2.05) is 18.2 Å². The second kappa shape index (κ2) is 4.47. The maximum atomic E-state index is 8.94. The molecule has 0 atom stereocenters. The van der Waals surface area contributed by atoms with Crippen molar-refractivity contribution in [2.24, 2.45) is 0 Å². The first-order valence-electron chi connectivity index (χ1n) is 4.38. The lowest BCUT2D eigenvalue weighted by molar-refractivity contribution is 0.917. The minimum Gasteiger partial charge on any atom is -0.192 e. The third-order valence-corrected chi connectivity index (χ3v) is 1.97. The van der Waals surface area contributed by atoms with Crippen LogP contribution in [0.5, 0.6) is 0 Å². The van der Waals surface area contributed by atoms with Gasteiger partial charge in [0, 0.05) is 0 Å². The van der Waals surface area contributed by atoms with Crippen molar-refractivity contribution in [3.05, 3.63) is 47.5 Å². The van der Waals surface area contributed by atoms with E-state index in [-0.39, 0.29) is 0 Å². The molecule has 0 heterocycles. The van der Waals surface area contributed by atoms with Crippen molar-refractivity contribution in [3.63, 3.8) is 0 Å². The van der Waals surface area contributed by atoms with Crippen molar-refractivity contribution in [2.45, 2.75) is 19.8 Å². The van der Waals surface area contributed by atoms with Gasteiger partial charge < -0.3 is 0 Å². The van der Waals surface area contributed by atoms with Crippen molar-refractivity contribution in [1.29, 1.82) is 5.26 Å². The van der Waals surface area contributed by atoms with Gasteiger partial charge in [0.05, 0.1) is 5.56 Å². The molecule has 0 aliphatic carbocycles. The summed E-state index contributed by atoms with van der Waals surface area (Å²) in [4.78, 5) is 0. The van der Waals surface area contributed by atoms with Crippen molar-refractivity contribution in [2.75, 3.05) is 0 Å². The first-order valence-corrected chi connectivity index (χ1v) is 4.38. The molecule has 65 valence electrons.